The molecule has 0 aromatic heterocycles. The lowest BCUT2D eigenvalue weighted by atomic mass is 10.00. The van der Waals surface area contributed by atoms with Crippen LogP contribution in [0.15, 0.2) is 84.9 Å². The summed E-state index contributed by atoms with van der Waals surface area (Å²) >= 11 is 1.03. The van der Waals surface area contributed by atoms with Crippen molar-refractivity contribution < 1.29 is 19.5 Å². The van der Waals surface area contributed by atoms with Gasteiger partial charge in [0.15, 0.2) is 0 Å². The van der Waals surface area contributed by atoms with Gasteiger partial charge in [-0.05, 0) is 57.6 Å². The highest BCUT2D eigenvalue weighted by Crippen LogP contribution is 2.27. The first kappa shape index (κ1) is 24.6. The summed E-state index contributed by atoms with van der Waals surface area (Å²) in [7, 11) is 1.77. The molecule has 1 heterocycles. The quantitative estimate of drug-likeness (QED) is 0.352. The number of rotatable bonds is 7. The molecular weight excluding hydrogens is 484 g/mol. The number of nitrogens with zero attached hydrogens (tertiary/aromatic N) is 1. The Labute approximate surface area is 219 Å². The number of imide groups is 1. The number of hydrogen-bond acceptors (Lipinski definition) is 5. The molecule has 1 atom stereocenters. The van der Waals surface area contributed by atoms with E-state index in [2.05, 4.69) is 11.4 Å². The van der Waals surface area contributed by atoms with Gasteiger partial charge in [-0.15, -0.1) is 0 Å². The molecule has 0 radical (unpaired) electrons. The Bertz CT molecular complexity index is 1500. The predicted molar refractivity (Wildman–Crippen MR) is 146 cm³/mol. The fraction of sp³-hybridized carbons (Fsp3) is 0.167. The zero-order valence-corrected chi connectivity index (χ0v) is 21.1. The van der Waals surface area contributed by atoms with E-state index in [9.17, 15) is 19.5 Å². The van der Waals surface area contributed by atoms with Gasteiger partial charge in [-0.2, -0.15) is 0 Å². The van der Waals surface area contributed by atoms with Crippen LogP contribution in [-0.4, -0.2) is 39.4 Å². The summed E-state index contributed by atoms with van der Waals surface area (Å²) in [6.07, 6.45) is 0.624. The Morgan fingerprint density at radius 3 is 2.32 bits per heavy atom. The molecule has 2 N–H and O–H groups in total. The minimum atomic E-state index is -0.383. The summed E-state index contributed by atoms with van der Waals surface area (Å²) in [5.74, 6) is -0.182. The van der Waals surface area contributed by atoms with E-state index in [-0.39, 0.29) is 34.5 Å². The SMILES string of the molecule is CN(Cc1cccc(-c2ccc(CC3SC(=O)NC3=O)cc2)c1)C(=O)Cc1cc2ccccc2cc1O. The number of carbonyl (C=O) groups excluding carboxylic acids is 3. The third kappa shape index (κ3) is 5.67. The maximum Gasteiger partial charge on any atom is 0.286 e. The van der Waals surface area contributed by atoms with Gasteiger partial charge in [-0.1, -0.05) is 78.5 Å². The molecule has 37 heavy (non-hydrogen) atoms. The Kier molecular flexibility index (Phi) is 6.97. The van der Waals surface area contributed by atoms with E-state index < -0.39 is 0 Å². The molecule has 0 aliphatic carbocycles. The molecule has 0 saturated carbocycles. The van der Waals surface area contributed by atoms with Crippen LogP contribution in [0.5, 0.6) is 5.75 Å². The second-order valence-electron chi connectivity index (χ2n) is 9.24. The summed E-state index contributed by atoms with van der Waals surface area (Å²) in [6, 6.07) is 27.3. The first-order valence-corrected chi connectivity index (χ1v) is 12.9. The first-order valence-electron chi connectivity index (χ1n) is 12.0. The van der Waals surface area contributed by atoms with Gasteiger partial charge in [0.25, 0.3) is 5.24 Å². The topological polar surface area (TPSA) is 86.7 Å². The van der Waals surface area contributed by atoms with E-state index in [1.54, 1.807) is 18.0 Å². The highest BCUT2D eigenvalue weighted by Gasteiger charge is 2.31. The summed E-state index contributed by atoms with van der Waals surface area (Å²) in [5.41, 5.74) is 4.66. The molecule has 1 aliphatic heterocycles. The van der Waals surface area contributed by atoms with Crippen molar-refractivity contribution in [2.75, 3.05) is 7.05 Å². The highest BCUT2D eigenvalue weighted by atomic mass is 32.2. The smallest absolute Gasteiger partial charge is 0.286 e. The number of carbonyl (C=O) groups is 3. The van der Waals surface area contributed by atoms with E-state index in [1.807, 2.05) is 72.8 Å². The molecule has 3 amide bonds. The Hall–Kier alpha value is -4.10. The molecule has 4 aromatic rings. The number of phenols is 1. The number of thioether (sulfide) groups is 1. The fourth-order valence-corrected chi connectivity index (χ4v) is 5.36. The molecule has 6 nitrogen and oxygen atoms in total. The Balaban J connectivity index is 1.24. The van der Waals surface area contributed by atoms with Gasteiger partial charge in [0.1, 0.15) is 5.75 Å². The van der Waals surface area contributed by atoms with Gasteiger partial charge >= 0.3 is 0 Å². The lowest BCUT2D eigenvalue weighted by molar-refractivity contribution is -0.129. The molecule has 7 heteroatoms. The number of phenolic OH excluding ortho intramolecular Hbond substituents is 1. The Morgan fingerprint density at radius 2 is 1.62 bits per heavy atom. The van der Waals surface area contributed by atoms with Crippen LogP contribution in [0, 0.1) is 0 Å². The summed E-state index contributed by atoms with van der Waals surface area (Å²) in [4.78, 5) is 37.8. The van der Waals surface area contributed by atoms with Gasteiger partial charge < -0.3 is 10.0 Å². The number of hydrogen-bond donors (Lipinski definition) is 2. The van der Waals surface area contributed by atoms with Gasteiger partial charge in [0.2, 0.25) is 11.8 Å². The second kappa shape index (κ2) is 10.5. The molecule has 1 unspecified atom stereocenters. The third-order valence-corrected chi connectivity index (χ3v) is 7.52. The zero-order valence-electron chi connectivity index (χ0n) is 20.3. The number of fused-ring (bicyclic) bond motifs is 1. The molecule has 1 aliphatic rings. The Morgan fingerprint density at radius 1 is 0.892 bits per heavy atom. The average Bonchev–Trinajstić information content (AvgIpc) is 3.21. The lowest BCUT2D eigenvalue weighted by Crippen LogP contribution is -2.27. The van der Waals surface area contributed by atoms with E-state index in [4.69, 9.17) is 0 Å². The molecular formula is C30H26N2O4S. The summed E-state index contributed by atoms with van der Waals surface area (Å²) < 4.78 is 0. The van der Waals surface area contributed by atoms with Crippen LogP contribution >= 0.6 is 11.8 Å². The van der Waals surface area contributed by atoms with Crippen molar-refractivity contribution in [3.8, 4) is 16.9 Å². The number of aromatic hydroxyl groups is 1. The largest absolute Gasteiger partial charge is 0.508 e. The third-order valence-electron chi connectivity index (χ3n) is 6.54. The van der Waals surface area contributed by atoms with Crippen molar-refractivity contribution in [1.82, 2.24) is 10.2 Å². The van der Waals surface area contributed by atoms with Crippen molar-refractivity contribution in [3.63, 3.8) is 0 Å². The van der Waals surface area contributed by atoms with Gasteiger partial charge in [0.05, 0.1) is 11.7 Å². The van der Waals surface area contributed by atoms with E-state index >= 15 is 0 Å². The van der Waals surface area contributed by atoms with Crippen LogP contribution in [0.4, 0.5) is 4.79 Å². The number of benzene rings is 4. The zero-order chi connectivity index (χ0) is 25.9. The van der Waals surface area contributed by atoms with Crippen molar-refractivity contribution in [2.24, 2.45) is 0 Å². The molecule has 186 valence electrons. The van der Waals surface area contributed by atoms with Gasteiger partial charge in [0, 0.05) is 19.2 Å². The molecule has 1 saturated heterocycles. The molecule has 5 rings (SSSR count). The van der Waals surface area contributed by atoms with Crippen LogP contribution in [0.25, 0.3) is 21.9 Å². The number of amides is 3. The molecule has 4 aromatic carbocycles. The predicted octanol–water partition coefficient (Wildman–Crippen LogP) is 5.31. The number of nitrogens with one attached hydrogen (secondary N) is 1. The van der Waals surface area contributed by atoms with Crippen LogP contribution in [0.3, 0.4) is 0 Å². The van der Waals surface area contributed by atoms with Crippen LogP contribution in [0.1, 0.15) is 16.7 Å². The lowest BCUT2D eigenvalue weighted by Gasteiger charge is -2.18. The normalized spacial score (nSPS) is 15.1. The van der Waals surface area contributed by atoms with Crippen LogP contribution < -0.4 is 5.32 Å². The minimum absolute atomic E-state index is 0.0763. The van der Waals surface area contributed by atoms with Crippen molar-refractivity contribution in [2.45, 2.75) is 24.6 Å². The molecule has 0 spiro atoms. The standard InChI is InChI=1S/C30H26N2O4S/c1-32(28(34)17-25-15-23-6-2-3-7-24(23)16-26(25)33)18-20-5-4-8-22(13-20)21-11-9-19(10-12-21)14-27-29(35)31-30(36)37-27/h2-13,15-16,27,33H,14,17-18H2,1H3,(H,31,35,36). The second-order valence-corrected chi connectivity index (χ2v) is 10.4. The molecule has 1 fully saturated rings. The van der Waals surface area contributed by atoms with Gasteiger partial charge in [-0.3, -0.25) is 19.7 Å². The minimum Gasteiger partial charge on any atom is -0.508 e. The number of likely N-dealkylation sites (N-methyl/N-ethyl adjacent to an activating group) is 1. The summed E-state index contributed by atoms with van der Waals surface area (Å²) in [6.45, 7) is 0.446. The van der Waals surface area contributed by atoms with E-state index in [0.717, 1.165) is 44.8 Å². The fourth-order valence-electron chi connectivity index (χ4n) is 4.50. The monoisotopic (exact) mass is 510 g/mol. The maximum atomic E-state index is 12.9. The van der Waals surface area contributed by atoms with E-state index in [1.165, 1.54) is 0 Å². The highest BCUT2D eigenvalue weighted by molar-refractivity contribution is 8.15. The average molecular weight is 511 g/mol. The van der Waals surface area contributed by atoms with Crippen LogP contribution in [-0.2, 0) is 29.0 Å². The van der Waals surface area contributed by atoms with Gasteiger partial charge in [-0.25, -0.2) is 0 Å². The van der Waals surface area contributed by atoms with Crippen molar-refractivity contribution >= 4 is 39.6 Å². The molecule has 0 bridgehead atoms. The first-order chi connectivity index (χ1) is 17.9. The van der Waals surface area contributed by atoms with Crippen molar-refractivity contribution in [3.05, 3.63) is 102 Å². The van der Waals surface area contributed by atoms with Crippen LogP contribution in [0.2, 0.25) is 0 Å². The van der Waals surface area contributed by atoms with E-state index in [0.29, 0.717) is 18.5 Å². The van der Waals surface area contributed by atoms with Crippen molar-refractivity contribution in [1.29, 1.82) is 0 Å². The summed E-state index contributed by atoms with van der Waals surface area (Å²) in [5, 5.41) is 14.0. The maximum absolute atomic E-state index is 12.9.